The second-order valence-electron chi connectivity index (χ2n) is 5.40. The SMILES string of the molecule is CCC(CC)(CN)C(=O)NCc1ccc(OC)c(C(=O)OC)c1.Cl. The van der Waals surface area contributed by atoms with Crippen LogP contribution in [0.2, 0.25) is 0 Å². The summed E-state index contributed by atoms with van der Waals surface area (Å²) in [7, 11) is 2.80. The number of rotatable bonds is 8. The van der Waals surface area contributed by atoms with Gasteiger partial charge in [0, 0.05) is 13.1 Å². The third-order valence-corrected chi connectivity index (χ3v) is 4.35. The highest BCUT2D eigenvalue weighted by molar-refractivity contribution is 5.92. The van der Waals surface area contributed by atoms with E-state index in [0.29, 0.717) is 37.2 Å². The normalized spacial score (nSPS) is 10.5. The molecule has 0 spiro atoms. The maximum atomic E-state index is 12.4. The van der Waals surface area contributed by atoms with Crippen LogP contribution in [0, 0.1) is 5.41 Å². The van der Waals surface area contributed by atoms with Crippen molar-refractivity contribution in [1.29, 1.82) is 0 Å². The van der Waals surface area contributed by atoms with Crippen LogP contribution in [0.4, 0.5) is 0 Å². The van der Waals surface area contributed by atoms with Crippen LogP contribution in [0.1, 0.15) is 42.6 Å². The summed E-state index contributed by atoms with van der Waals surface area (Å²) in [6.45, 7) is 4.54. The van der Waals surface area contributed by atoms with E-state index in [2.05, 4.69) is 5.32 Å². The monoisotopic (exact) mass is 358 g/mol. The highest BCUT2D eigenvalue weighted by atomic mass is 35.5. The smallest absolute Gasteiger partial charge is 0.341 e. The van der Waals surface area contributed by atoms with E-state index >= 15 is 0 Å². The van der Waals surface area contributed by atoms with Gasteiger partial charge >= 0.3 is 5.97 Å². The first kappa shape index (κ1) is 22.2. The molecule has 0 aliphatic rings. The van der Waals surface area contributed by atoms with Gasteiger partial charge in [0.2, 0.25) is 5.91 Å². The van der Waals surface area contributed by atoms with E-state index in [-0.39, 0.29) is 18.3 Å². The van der Waals surface area contributed by atoms with E-state index < -0.39 is 11.4 Å². The van der Waals surface area contributed by atoms with Crippen molar-refractivity contribution in [2.45, 2.75) is 33.2 Å². The van der Waals surface area contributed by atoms with Crippen LogP contribution in [0.25, 0.3) is 0 Å². The molecule has 0 aromatic heterocycles. The number of hydrogen-bond donors (Lipinski definition) is 2. The number of methoxy groups -OCH3 is 2. The van der Waals surface area contributed by atoms with Crippen molar-refractivity contribution in [3.8, 4) is 5.75 Å². The zero-order valence-corrected chi connectivity index (χ0v) is 15.5. The molecule has 0 heterocycles. The number of nitrogens with one attached hydrogen (secondary N) is 1. The van der Waals surface area contributed by atoms with Gasteiger partial charge in [0.05, 0.1) is 19.6 Å². The van der Waals surface area contributed by atoms with E-state index in [1.54, 1.807) is 18.2 Å². The van der Waals surface area contributed by atoms with Crippen LogP contribution < -0.4 is 15.8 Å². The Labute approximate surface area is 149 Å². The number of carbonyl (C=O) groups excluding carboxylic acids is 2. The van der Waals surface area contributed by atoms with Crippen molar-refractivity contribution in [2.24, 2.45) is 11.1 Å². The largest absolute Gasteiger partial charge is 0.496 e. The fourth-order valence-corrected chi connectivity index (χ4v) is 2.46. The predicted molar refractivity (Wildman–Crippen MR) is 95.5 cm³/mol. The Morgan fingerprint density at radius 1 is 1.21 bits per heavy atom. The molecular weight excluding hydrogens is 332 g/mol. The van der Waals surface area contributed by atoms with Gasteiger partial charge in [0.25, 0.3) is 0 Å². The van der Waals surface area contributed by atoms with Crippen LogP contribution in [0.3, 0.4) is 0 Å². The molecule has 6 nitrogen and oxygen atoms in total. The number of halogens is 1. The summed E-state index contributed by atoms with van der Waals surface area (Å²) in [6, 6.07) is 5.14. The molecule has 24 heavy (non-hydrogen) atoms. The molecule has 0 saturated heterocycles. The van der Waals surface area contributed by atoms with Crippen molar-refractivity contribution in [2.75, 3.05) is 20.8 Å². The maximum Gasteiger partial charge on any atom is 0.341 e. The first-order chi connectivity index (χ1) is 11.0. The first-order valence-electron chi connectivity index (χ1n) is 7.71. The molecule has 3 N–H and O–H groups in total. The van der Waals surface area contributed by atoms with Crippen LogP contribution in [-0.2, 0) is 16.1 Å². The molecule has 0 radical (unpaired) electrons. The van der Waals surface area contributed by atoms with Gasteiger partial charge in [0.1, 0.15) is 11.3 Å². The molecule has 1 aromatic carbocycles. The molecule has 0 unspecified atom stereocenters. The summed E-state index contributed by atoms with van der Waals surface area (Å²) in [5.41, 5.74) is 6.36. The number of benzene rings is 1. The quantitative estimate of drug-likeness (QED) is 0.696. The van der Waals surface area contributed by atoms with Gasteiger partial charge in [0.15, 0.2) is 0 Å². The zero-order chi connectivity index (χ0) is 17.5. The van der Waals surface area contributed by atoms with Gasteiger partial charge in [-0.05, 0) is 30.5 Å². The maximum absolute atomic E-state index is 12.4. The lowest BCUT2D eigenvalue weighted by Crippen LogP contribution is -2.45. The molecule has 0 atom stereocenters. The molecule has 0 aliphatic carbocycles. The second-order valence-corrected chi connectivity index (χ2v) is 5.40. The van der Waals surface area contributed by atoms with Gasteiger partial charge in [-0.3, -0.25) is 4.79 Å². The topological polar surface area (TPSA) is 90.7 Å². The highest BCUT2D eigenvalue weighted by Crippen LogP contribution is 2.25. The standard InChI is InChI=1S/C17H26N2O4.ClH/c1-5-17(6-2,11-18)16(21)19-10-12-7-8-14(22-3)13(9-12)15(20)23-4;/h7-9H,5-6,10-11,18H2,1-4H3,(H,19,21);1H. The number of nitrogens with two attached hydrogens (primary N) is 1. The van der Waals surface area contributed by atoms with Crippen LogP contribution >= 0.6 is 12.4 Å². The fraction of sp³-hybridized carbons (Fsp3) is 0.529. The number of amides is 1. The summed E-state index contributed by atoms with van der Waals surface area (Å²) in [6.07, 6.45) is 1.36. The van der Waals surface area contributed by atoms with Crippen molar-refractivity contribution in [3.05, 3.63) is 29.3 Å². The van der Waals surface area contributed by atoms with Crippen molar-refractivity contribution in [1.82, 2.24) is 5.32 Å². The summed E-state index contributed by atoms with van der Waals surface area (Å²) < 4.78 is 9.89. The number of carbonyl (C=O) groups is 2. The van der Waals surface area contributed by atoms with Crippen molar-refractivity contribution >= 4 is 24.3 Å². The van der Waals surface area contributed by atoms with Crippen LogP contribution in [0.5, 0.6) is 5.75 Å². The van der Waals surface area contributed by atoms with Crippen molar-refractivity contribution in [3.63, 3.8) is 0 Å². The Bertz CT molecular complexity index is 551. The Balaban J connectivity index is 0.00000529. The van der Waals surface area contributed by atoms with E-state index in [1.165, 1.54) is 14.2 Å². The second kappa shape index (κ2) is 10.2. The third-order valence-electron chi connectivity index (χ3n) is 4.35. The Hall–Kier alpha value is -1.79. The van der Waals surface area contributed by atoms with Gasteiger partial charge < -0.3 is 20.5 Å². The van der Waals surface area contributed by atoms with E-state index in [0.717, 1.165) is 5.56 Å². The minimum absolute atomic E-state index is 0. The summed E-state index contributed by atoms with van der Waals surface area (Å²) in [4.78, 5) is 24.2. The molecule has 0 bridgehead atoms. The molecule has 0 saturated carbocycles. The fourth-order valence-electron chi connectivity index (χ4n) is 2.46. The van der Waals surface area contributed by atoms with Gasteiger partial charge in [-0.1, -0.05) is 19.9 Å². The minimum atomic E-state index is -0.544. The number of esters is 1. The lowest BCUT2D eigenvalue weighted by atomic mass is 9.81. The molecule has 1 aromatic rings. The summed E-state index contributed by atoms with van der Waals surface area (Å²) in [5, 5.41) is 2.90. The van der Waals surface area contributed by atoms with Gasteiger partial charge in [-0.25, -0.2) is 4.79 Å². The third kappa shape index (κ3) is 4.85. The van der Waals surface area contributed by atoms with Crippen molar-refractivity contribution < 1.29 is 19.1 Å². The average molecular weight is 359 g/mol. The highest BCUT2D eigenvalue weighted by Gasteiger charge is 2.32. The molecule has 1 amide bonds. The Morgan fingerprint density at radius 2 is 1.83 bits per heavy atom. The number of ether oxygens (including phenoxy) is 2. The summed E-state index contributed by atoms with van der Waals surface area (Å²) >= 11 is 0. The van der Waals surface area contributed by atoms with Gasteiger partial charge in [-0.2, -0.15) is 0 Å². The Morgan fingerprint density at radius 3 is 2.29 bits per heavy atom. The first-order valence-corrected chi connectivity index (χ1v) is 7.71. The van der Waals surface area contributed by atoms with E-state index in [4.69, 9.17) is 15.2 Å². The number of hydrogen-bond acceptors (Lipinski definition) is 5. The Kier molecular flexibility index (Phi) is 9.40. The lowest BCUT2D eigenvalue weighted by molar-refractivity contribution is -0.131. The lowest BCUT2D eigenvalue weighted by Gasteiger charge is -2.28. The van der Waals surface area contributed by atoms with E-state index in [1.807, 2.05) is 13.8 Å². The predicted octanol–water partition coefficient (Wildman–Crippen LogP) is 2.28. The zero-order valence-electron chi connectivity index (χ0n) is 14.7. The van der Waals surface area contributed by atoms with E-state index in [9.17, 15) is 9.59 Å². The molecule has 0 fully saturated rings. The molecular formula is C17H27ClN2O4. The van der Waals surface area contributed by atoms with Crippen LogP contribution in [0.15, 0.2) is 18.2 Å². The van der Waals surface area contributed by atoms with Crippen LogP contribution in [-0.4, -0.2) is 32.6 Å². The molecule has 7 heteroatoms. The minimum Gasteiger partial charge on any atom is -0.496 e. The van der Waals surface area contributed by atoms with Gasteiger partial charge in [-0.15, -0.1) is 12.4 Å². The molecule has 136 valence electrons. The average Bonchev–Trinajstić information content (AvgIpc) is 2.60. The molecule has 0 aliphatic heterocycles. The summed E-state index contributed by atoms with van der Waals surface area (Å²) in [5.74, 6) is -0.112. The molecule has 1 rings (SSSR count).